The number of anilines is 3. The van der Waals surface area contributed by atoms with E-state index >= 15 is 0 Å². The first kappa shape index (κ1) is 34.9. The lowest BCUT2D eigenvalue weighted by Crippen LogP contribution is -2.11. The molecule has 0 saturated heterocycles. The zero-order chi connectivity index (χ0) is 40.3. The minimum Gasteiger partial charge on any atom is -0.456 e. The van der Waals surface area contributed by atoms with Gasteiger partial charge in [-0.1, -0.05) is 164 Å². The summed E-state index contributed by atoms with van der Waals surface area (Å²) in [6.07, 6.45) is 0. The molecule has 3 heteroatoms. The molecule has 0 aliphatic carbocycles. The van der Waals surface area contributed by atoms with Crippen molar-refractivity contribution in [1.82, 2.24) is 4.57 Å². The standard InChI is InChI=1S/C58H38N2O/c1-4-15-39(16-5-1)40-27-32-45(33-28-40)59(52-24-12-10-21-47(52)41-17-6-2-7-18-41)46-34-29-42-31-36-56-58(51(42)38-46)57-48(23-14-26-55(57)61-56)43-30-35-50-49-22-11-13-25-53(49)60(54(50)37-43)44-19-8-3-9-20-44/h1-38H. The van der Waals surface area contributed by atoms with Crippen molar-refractivity contribution >= 4 is 71.6 Å². The van der Waals surface area contributed by atoms with Gasteiger partial charge >= 0.3 is 0 Å². The molecule has 12 rings (SSSR count). The molecule has 0 aliphatic rings. The summed E-state index contributed by atoms with van der Waals surface area (Å²) in [5, 5.41) is 7.00. The third-order valence-electron chi connectivity index (χ3n) is 12.2. The van der Waals surface area contributed by atoms with Gasteiger partial charge < -0.3 is 13.9 Å². The van der Waals surface area contributed by atoms with Gasteiger partial charge in [0, 0.05) is 44.2 Å². The minimum absolute atomic E-state index is 0.870. The quantitative estimate of drug-likeness (QED) is 0.161. The van der Waals surface area contributed by atoms with Crippen LogP contribution in [0.1, 0.15) is 0 Å². The Morgan fingerprint density at radius 3 is 1.77 bits per heavy atom. The SMILES string of the molecule is c1ccc(-c2ccc(N(c3ccc4ccc5oc6cccc(-c7ccc8c9ccccc9n(-c9ccccc9)c8c7)c6c5c4c3)c3ccccc3-c3ccccc3)cc2)cc1. The minimum atomic E-state index is 0.870. The second-order valence-electron chi connectivity index (χ2n) is 15.7. The number of nitrogens with zero attached hydrogens (tertiary/aromatic N) is 2. The van der Waals surface area contributed by atoms with E-state index in [1.807, 2.05) is 0 Å². The number of aromatic nitrogens is 1. The van der Waals surface area contributed by atoms with E-state index in [-0.39, 0.29) is 0 Å². The maximum Gasteiger partial charge on any atom is 0.136 e. The molecule has 3 nitrogen and oxygen atoms in total. The van der Waals surface area contributed by atoms with Crippen LogP contribution in [0.4, 0.5) is 17.1 Å². The van der Waals surface area contributed by atoms with Gasteiger partial charge in [-0.3, -0.25) is 0 Å². The van der Waals surface area contributed by atoms with E-state index in [0.29, 0.717) is 0 Å². The van der Waals surface area contributed by atoms with Crippen LogP contribution in [0.5, 0.6) is 0 Å². The predicted molar refractivity (Wildman–Crippen MR) is 257 cm³/mol. The Kier molecular flexibility index (Phi) is 8.17. The molecule has 0 radical (unpaired) electrons. The summed E-state index contributed by atoms with van der Waals surface area (Å²) in [4.78, 5) is 2.40. The Balaban J connectivity index is 1.08. The number of rotatable bonds is 7. The maximum atomic E-state index is 6.73. The molecule has 2 aromatic heterocycles. The van der Waals surface area contributed by atoms with Crippen molar-refractivity contribution in [3.8, 4) is 39.1 Å². The van der Waals surface area contributed by atoms with E-state index in [0.717, 1.165) is 72.2 Å². The number of fused-ring (bicyclic) bond motifs is 8. The Labute approximate surface area is 353 Å². The van der Waals surface area contributed by atoms with Gasteiger partial charge in [0.25, 0.3) is 0 Å². The van der Waals surface area contributed by atoms with Crippen LogP contribution in [0, 0.1) is 0 Å². The molecule has 2 heterocycles. The molecule has 0 fully saturated rings. The summed E-state index contributed by atoms with van der Waals surface area (Å²) in [5.41, 5.74) is 15.5. The molecule has 0 saturated carbocycles. The predicted octanol–water partition coefficient (Wildman–Crippen LogP) is 16.3. The molecule has 61 heavy (non-hydrogen) atoms. The van der Waals surface area contributed by atoms with Crippen LogP contribution in [-0.2, 0) is 0 Å². The van der Waals surface area contributed by atoms with Gasteiger partial charge in [0.1, 0.15) is 11.2 Å². The van der Waals surface area contributed by atoms with Crippen molar-refractivity contribution in [1.29, 1.82) is 0 Å². The van der Waals surface area contributed by atoms with Crippen LogP contribution < -0.4 is 4.90 Å². The summed E-state index contributed by atoms with van der Waals surface area (Å²) in [7, 11) is 0. The molecule has 0 bridgehead atoms. The number of hydrogen-bond acceptors (Lipinski definition) is 2. The normalized spacial score (nSPS) is 11.6. The van der Waals surface area contributed by atoms with Crippen molar-refractivity contribution in [3.63, 3.8) is 0 Å². The third-order valence-corrected chi connectivity index (χ3v) is 12.2. The molecular weight excluding hydrogens is 741 g/mol. The fraction of sp³-hybridized carbons (Fsp3) is 0. The van der Waals surface area contributed by atoms with Crippen molar-refractivity contribution < 1.29 is 4.42 Å². The highest BCUT2D eigenvalue weighted by atomic mass is 16.3. The highest BCUT2D eigenvalue weighted by Gasteiger charge is 2.21. The Morgan fingerprint density at radius 2 is 0.951 bits per heavy atom. The fourth-order valence-corrected chi connectivity index (χ4v) is 9.39. The van der Waals surface area contributed by atoms with Crippen LogP contribution in [0.2, 0.25) is 0 Å². The van der Waals surface area contributed by atoms with Crippen LogP contribution in [0.25, 0.3) is 93.6 Å². The van der Waals surface area contributed by atoms with Crippen LogP contribution in [-0.4, -0.2) is 4.57 Å². The summed E-state index contributed by atoms with van der Waals surface area (Å²) < 4.78 is 9.12. The van der Waals surface area contributed by atoms with Gasteiger partial charge in [-0.25, -0.2) is 0 Å². The second-order valence-corrected chi connectivity index (χ2v) is 15.7. The van der Waals surface area contributed by atoms with Gasteiger partial charge in [-0.2, -0.15) is 0 Å². The van der Waals surface area contributed by atoms with Crippen LogP contribution in [0.3, 0.4) is 0 Å². The average Bonchev–Trinajstić information content (AvgIpc) is 3.89. The number of hydrogen-bond donors (Lipinski definition) is 0. The molecule has 0 unspecified atom stereocenters. The van der Waals surface area contributed by atoms with Gasteiger partial charge in [-0.05, 0) is 105 Å². The average molecular weight is 779 g/mol. The first-order valence-electron chi connectivity index (χ1n) is 20.8. The van der Waals surface area contributed by atoms with Crippen molar-refractivity contribution in [2.24, 2.45) is 0 Å². The summed E-state index contributed by atoms with van der Waals surface area (Å²) in [5.74, 6) is 0. The molecule has 0 N–H and O–H groups in total. The monoisotopic (exact) mass is 778 g/mol. The molecular formula is C58H38N2O. The van der Waals surface area contributed by atoms with E-state index in [4.69, 9.17) is 4.42 Å². The molecule has 0 spiro atoms. The van der Waals surface area contributed by atoms with Crippen molar-refractivity contribution in [2.75, 3.05) is 4.90 Å². The van der Waals surface area contributed by atoms with Gasteiger partial charge in [0.15, 0.2) is 0 Å². The summed E-state index contributed by atoms with van der Waals surface area (Å²) in [6, 6.07) is 82.8. The van der Waals surface area contributed by atoms with Crippen molar-refractivity contribution in [2.45, 2.75) is 0 Å². The Morgan fingerprint density at radius 1 is 0.344 bits per heavy atom. The molecule has 12 aromatic rings. The summed E-state index contributed by atoms with van der Waals surface area (Å²) in [6.45, 7) is 0. The van der Waals surface area contributed by atoms with Crippen LogP contribution >= 0.6 is 0 Å². The third kappa shape index (κ3) is 5.82. The maximum absolute atomic E-state index is 6.73. The Hall–Kier alpha value is -8.14. The number of benzene rings is 10. The fourth-order valence-electron chi connectivity index (χ4n) is 9.39. The largest absolute Gasteiger partial charge is 0.456 e. The first-order valence-corrected chi connectivity index (χ1v) is 20.8. The smallest absolute Gasteiger partial charge is 0.136 e. The van der Waals surface area contributed by atoms with Crippen molar-refractivity contribution in [3.05, 3.63) is 231 Å². The summed E-state index contributed by atoms with van der Waals surface area (Å²) >= 11 is 0. The van der Waals surface area contributed by atoms with E-state index in [9.17, 15) is 0 Å². The molecule has 286 valence electrons. The Bertz CT molecular complexity index is 3570. The van der Waals surface area contributed by atoms with E-state index < -0.39 is 0 Å². The van der Waals surface area contributed by atoms with Gasteiger partial charge in [0.2, 0.25) is 0 Å². The molecule has 0 atom stereocenters. The molecule has 10 aromatic carbocycles. The number of furan rings is 1. The second kappa shape index (κ2) is 14.3. The van der Waals surface area contributed by atoms with E-state index in [1.54, 1.807) is 0 Å². The van der Waals surface area contributed by atoms with E-state index in [2.05, 4.69) is 240 Å². The number of para-hydroxylation sites is 3. The van der Waals surface area contributed by atoms with E-state index in [1.165, 1.54) is 38.5 Å². The lowest BCUT2D eigenvalue weighted by atomic mass is 9.95. The van der Waals surface area contributed by atoms with Gasteiger partial charge in [0.05, 0.1) is 16.7 Å². The lowest BCUT2D eigenvalue weighted by molar-refractivity contribution is 0.669. The zero-order valence-electron chi connectivity index (χ0n) is 33.2. The van der Waals surface area contributed by atoms with Gasteiger partial charge in [-0.15, -0.1) is 0 Å². The topological polar surface area (TPSA) is 21.3 Å². The zero-order valence-corrected chi connectivity index (χ0v) is 33.2. The molecule has 0 amide bonds. The first-order chi connectivity index (χ1) is 30.3. The lowest BCUT2D eigenvalue weighted by Gasteiger charge is -2.28. The molecule has 0 aliphatic heterocycles. The highest BCUT2D eigenvalue weighted by Crippen LogP contribution is 2.46. The highest BCUT2D eigenvalue weighted by molar-refractivity contribution is 6.23. The van der Waals surface area contributed by atoms with Crippen LogP contribution in [0.15, 0.2) is 235 Å².